The maximum Gasteiger partial charge on any atom is 0.323 e. The van der Waals surface area contributed by atoms with Gasteiger partial charge < -0.3 is 16.2 Å². The van der Waals surface area contributed by atoms with Crippen molar-refractivity contribution in [1.29, 1.82) is 0 Å². The van der Waals surface area contributed by atoms with Crippen molar-refractivity contribution in [1.82, 2.24) is 5.32 Å². The van der Waals surface area contributed by atoms with Crippen molar-refractivity contribution in [3.63, 3.8) is 0 Å². The molecule has 4 N–H and O–H groups in total. The van der Waals surface area contributed by atoms with Gasteiger partial charge in [0.05, 0.1) is 0 Å². The second-order valence-corrected chi connectivity index (χ2v) is 6.57. The fourth-order valence-corrected chi connectivity index (χ4v) is 4.28. The highest BCUT2D eigenvalue weighted by atomic mass is 16.4. The van der Waals surface area contributed by atoms with E-state index in [-0.39, 0.29) is 11.1 Å². The molecule has 0 aromatic carbocycles. The second-order valence-electron chi connectivity index (χ2n) is 6.57. The van der Waals surface area contributed by atoms with Crippen LogP contribution in [-0.2, 0) is 4.79 Å². The van der Waals surface area contributed by atoms with Gasteiger partial charge in [-0.25, -0.2) is 0 Å². The number of hydrogen-bond donors (Lipinski definition) is 3. The summed E-state index contributed by atoms with van der Waals surface area (Å²) in [6.45, 7) is 6.44. The summed E-state index contributed by atoms with van der Waals surface area (Å²) in [4.78, 5) is 11.3. The molecule has 0 spiro atoms. The van der Waals surface area contributed by atoms with Crippen LogP contribution >= 0.6 is 0 Å². The van der Waals surface area contributed by atoms with Crippen LogP contribution < -0.4 is 11.1 Å². The van der Waals surface area contributed by atoms with Crippen molar-refractivity contribution in [2.75, 3.05) is 0 Å². The lowest BCUT2D eigenvalue weighted by Crippen LogP contribution is -2.73. The lowest BCUT2D eigenvalue weighted by atomic mass is 9.61. The molecule has 2 aliphatic heterocycles. The number of piperidine rings is 2. The monoisotopic (exact) mass is 226 g/mol. The Bertz CT molecular complexity index is 311. The number of rotatable bonds is 1. The standard InChI is InChI=1S/C12H22N2O2/c1-8-4-10(2)6-12(13,9(15)16)7-11(3,5-8)14-10/h8,14H,4-7,13H2,1-3H3,(H,15,16). The van der Waals surface area contributed by atoms with E-state index in [1.807, 2.05) is 0 Å². The molecule has 4 heteroatoms. The maximum absolute atomic E-state index is 11.3. The quantitative estimate of drug-likeness (QED) is 0.626. The number of fused-ring (bicyclic) bond motifs is 2. The van der Waals surface area contributed by atoms with Gasteiger partial charge >= 0.3 is 5.97 Å². The van der Waals surface area contributed by atoms with Gasteiger partial charge in [0.2, 0.25) is 0 Å². The van der Waals surface area contributed by atoms with Crippen LogP contribution in [0.2, 0.25) is 0 Å². The molecule has 0 aliphatic carbocycles. The minimum absolute atomic E-state index is 0.127. The Hall–Kier alpha value is -0.610. The van der Waals surface area contributed by atoms with E-state index in [0.717, 1.165) is 12.8 Å². The van der Waals surface area contributed by atoms with E-state index in [2.05, 4.69) is 26.1 Å². The Kier molecular flexibility index (Phi) is 2.37. The fourth-order valence-electron chi connectivity index (χ4n) is 4.28. The van der Waals surface area contributed by atoms with Crippen LogP contribution in [0.1, 0.15) is 46.5 Å². The first-order valence-corrected chi connectivity index (χ1v) is 5.98. The predicted molar refractivity (Wildman–Crippen MR) is 62.1 cm³/mol. The second kappa shape index (κ2) is 3.20. The molecule has 2 unspecified atom stereocenters. The molecule has 2 fully saturated rings. The minimum atomic E-state index is -1.06. The van der Waals surface area contributed by atoms with Crippen LogP contribution in [0.25, 0.3) is 0 Å². The summed E-state index contributed by atoms with van der Waals surface area (Å²) in [6.07, 6.45) is 3.06. The minimum Gasteiger partial charge on any atom is -0.480 e. The third kappa shape index (κ3) is 1.84. The number of carboxylic acids is 1. The van der Waals surface area contributed by atoms with Gasteiger partial charge in [-0.15, -0.1) is 0 Å². The highest BCUT2D eigenvalue weighted by Gasteiger charge is 2.55. The largest absolute Gasteiger partial charge is 0.480 e. The van der Waals surface area contributed by atoms with Crippen molar-refractivity contribution in [2.45, 2.75) is 63.1 Å². The molecule has 4 nitrogen and oxygen atoms in total. The third-order valence-electron chi connectivity index (χ3n) is 4.04. The number of hydrogen-bond acceptors (Lipinski definition) is 3. The van der Waals surface area contributed by atoms with E-state index in [4.69, 9.17) is 5.73 Å². The lowest BCUT2D eigenvalue weighted by molar-refractivity contribution is -0.149. The zero-order valence-electron chi connectivity index (χ0n) is 10.3. The highest BCUT2D eigenvalue weighted by Crippen LogP contribution is 2.45. The number of carbonyl (C=O) groups is 1. The summed E-state index contributed by atoms with van der Waals surface area (Å²) in [6, 6.07) is 0. The van der Waals surface area contributed by atoms with Crippen molar-refractivity contribution in [2.24, 2.45) is 11.7 Å². The first-order chi connectivity index (χ1) is 7.17. The highest BCUT2D eigenvalue weighted by molar-refractivity contribution is 5.79. The van der Waals surface area contributed by atoms with Crippen molar-refractivity contribution < 1.29 is 9.90 Å². The van der Waals surface area contributed by atoms with E-state index in [1.165, 1.54) is 0 Å². The Balaban J connectivity index is 2.33. The van der Waals surface area contributed by atoms with Gasteiger partial charge in [-0.1, -0.05) is 6.92 Å². The third-order valence-corrected chi connectivity index (χ3v) is 4.04. The number of nitrogens with two attached hydrogens (primary N) is 1. The van der Waals surface area contributed by atoms with Crippen LogP contribution in [0.3, 0.4) is 0 Å². The average molecular weight is 226 g/mol. The number of carboxylic acid groups (broad SMARTS) is 1. The van der Waals surface area contributed by atoms with E-state index >= 15 is 0 Å². The molecular weight excluding hydrogens is 204 g/mol. The van der Waals surface area contributed by atoms with E-state index in [0.29, 0.717) is 18.8 Å². The fraction of sp³-hybridized carbons (Fsp3) is 0.917. The molecule has 0 aromatic rings. The van der Waals surface area contributed by atoms with Gasteiger partial charge in [0.15, 0.2) is 0 Å². The maximum atomic E-state index is 11.3. The molecule has 2 saturated heterocycles. The SMILES string of the molecule is CC1CC2(C)CC(N)(C(=O)O)CC(C)(C1)N2. The predicted octanol–water partition coefficient (Wildman–Crippen LogP) is 1.10. The summed E-state index contributed by atoms with van der Waals surface area (Å²) >= 11 is 0. The topological polar surface area (TPSA) is 75.4 Å². The lowest BCUT2D eigenvalue weighted by Gasteiger charge is -2.57. The van der Waals surface area contributed by atoms with E-state index < -0.39 is 11.5 Å². The average Bonchev–Trinajstić information content (AvgIpc) is 1.95. The van der Waals surface area contributed by atoms with Gasteiger partial charge in [-0.3, -0.25) is 4.79 Å². The summed E-state index contributed by atoms with van der Waals surface area (Å²) in [5.41, 5.74) is 4.75. The number of aliphatic carboxylic acids is 1. The van der Waals surface area contributed by atoms with Crippen LogP contribution in [0.5, 0.6) is 0 Å². The molecule has 16 heavy (non-hydrogen) atoms. The molecule has 0 aromatic heterocycles. The zero-order valence-corrected chi connectivity index (χ0v) is 10.3. The molecule has 2 heterocycles. The smallest absolute Gasteiger partial charge is 0.323 e. The molecule has 92 valence electrons. The summed E-state index contributed by atoms with van der Waals surface area (Å²) in [7, 11) is 0. The van der Waals surface area contributed by atoms with Crippen LogP contribution in [-0.4, -0.2) is 27.7 Å². The van der Waals surface area contributed by atoms with Gasteiger partial charge in [0.25, 0.3) is 0 Å². The Morgan fingerprint density at radius 3 is 2.12 bits per heavy atom. The van der Waals surface area contributed by atoms with Gasteiger partial charge in [-0.2, -0.15) is 0 Å². The van der Waals surface area contributed by atoms with Gasteiger partial charge in [-0.05, 0) is 45.4 Å². The van der Waals surface area contributed by atoms with E-state index in [9.17, 15) is 9.90 Å². The van der Waals surface area contributed by atoms with Gasteiger partial charge in [0, 0.05) is 11.1 Å². The molecule has 2 aliphatic rings. The number of nitrogens with one attached hydrogen (secondary N) is 1. The Labute approximate surface area is 96.6 Å². The Morgan fingerprint density at radius 2 is 1.75 bits per heavy atom. The summed E-state index contributed by atoms with van der Waals surface area (Å²) in [5, 5.41) is 12.9. The Morgan fingerprint density at radius 1 is 1.31 bits per heavy atom. The normalized spacial score (nSPS) is 52.4. The first kappa shape index (κ1) is 11.9. The molecule has 0 amide bonds. The van der Waals surface area contributed by atoms with Crippen LogP contribution in [0, 0.1) is 5.92 Å². The molecule has 0 radical (unpaired) electrons. The van der Waals surface area contributed by atoms with Gasteiger partial charge in [0.1, 0.15) is 5.54 Å². The molecule has 0 saturated carbocycles. The van der Waals surface area contributed by atoms with Crippen LogP contribution in [0.4, 0.5) is 0 Å². The molecule has 2 rings (SSSR count). The first-order valence-electron chi connectivity index (χ1n) is 5.98. The van der Waals surface area contributed by atoms with Crippen molar-refractivity contribution >= 4 is 5.97 Å². The van der Waals surface area contributed by atoms with E-state index in [1.54, 1.807) is 0 Å². The molecule has 2 bridgehead atoms. The van der Waals surface area contributed by atoms with Crippen molar-refractivity contribution in [3.05, 3.63) is 0 Å². The van der Waals surface area contributed by atoms with Crippen molar-refractivity contribution in [3.8, 4) is 0 Å². The summed E-state index contributed by atoms with van der Waals surface area (Å²) < 4.78 is 0. The molecule has 2 atom stereocenters. The zero-order chi connectivity index (χ0) is 12.2. The summed E-state index contributed by atoms with van der Waals surface area (Å²) in [5.74, 6) is -0.226. The van der Waals surface area contributed by atoms with Crippen LogP contribution in [0.15, 0.2) is 0 Å². The molecular formula is C12H22N2O2.